The van der Waals surface area contributed by atoms with E-state index in [9.17, 15) is 8.78 Å². The Morgan fingerprint density at radius 1 is 1.40 bits per heavy atom. The average molecular weight is 284 g/mol. The van der Waals surface area contributed by atoms with Gasteiger partial charge in [-0.3, -0.25) is 0 Å². The number of nitrogens with zero attached hydrogens (tertiary/aromatic N) is 1. The fourth-order valence-electron chi connectivity index (χ4n) is 2.09. The lowest BCUT2D eigenvalue weighted by atomic mass is 10.1. The standard InChI is InChI=1S/C15H22F2N2O/c1-19(7-8-20-10-11-5-6-11)9-14(18)12-3-2-4-13(16)15(12)17/h2-4,11,14H,5-10,18H2,1H3. The summed E-state index contributed by atoms with van der Waals surface area (Å²) in [5, 5.41) is 0. The lowest BCUT2D eigenvalue weighted by molar-refractivity contribution is 0.102. The van der Waals surface area contributed by atoms with Gasteiger partial charge in [0.2, 0.25) is 0 Å². The lowest BCUT2D eigenvalue weighted by Crippen LogP contribution is -2.32. The molecule has 0 heterocycles. The predicted octanol–water partition coefficient (Wildman–Crippen LogP) is 2.32. The Morgan fingerprint density at radius 2 is 2.15 bits per heavy atom. The molecule has 0 saturated heterocycles. The molecule has 1 saturated carbocycles. The molecule has 2 N–H and O–H groups in total. The Labute approximate surface area is 118 Å². The van der Waals surface area contributed by atoms with Gasteiger partial charge in [0.15, 0.2) is 11.6 Å². The first-order valence-corrected chi connectivity index (χ1v) is 7.03. The molecule has 3 nitrogen and oxygen atoms in total. The molecule has 5 heteroatoms. The Hall–Kier alpha value is -1.04. The summed E-state index contributed by atoms with van der Waals surface area (Å²) in [5.74, 6) is -0.948. The van der Waals surface area contributed by atoms with Crippen molar-refractivity contribution in [1.82, 2.24) is 4.90 Å². The summed E-state index contributed by atoms with van der Waals surface area (Å²) < 4.78 is 32.3. The number of nitrogens with two attached hydrogens (primary N) is 1. The van der Waals surface area contributed by atoms with Crippen LogP contribution in [0.25, 0.3) is 0 Å². The maximum atomic E-state index is 13.6. The van der Waals surface area contributed by atoms with Crippen LogP contribution >= 0.6 is 0 Å². The molecule has 1 aliphatic carbocycles. The summed E-state index contributed by atoms with van der Waals surface area (Å²) in [6.45, 7) is 2.67. The van der Waals surface area contributed by atoms with E-state index in [-0.39, 0.29) is 5.56 Å². The van der Waals surface area contributed by atoms with E-state index in [1.54, 1.807) is 0 Å². The first kappa shape index (κ1) is 15.4. The van der Waals surface area contributed by atoms with Crippen LogP contribution in [0.5, 0.6) is 0 Å². The minimum atomic E-state index is -0.853. The maximum absolute atomic E-state index is 13.6. The topological polar surface area (TPSA) is 38.5 Å². The third kappa shape index (κ3) is 4.51. The predicted molar refractivity (Wildman–Crippen MR) is 74.3 cm³/mol. The van der Waals surface area contributed by atoms with Crippen LogP contribution in [0.4, 0.5) is 8.78 Å². The highest BCUT2D eigenvalue weighted by molar-refractivity contribution is 5.22. The first-order valence-electron chi connectivity index (χ1n) is 7.03. The number of hydrogen-bond donors (Lipinski definition) is 1. The molecule has 20 heavy (non-hydrogen) atoms. The summed E-state index contributed by atoms with van der Waals surface area (Å²) in [5.41, 5.74) is 6.16. The number of likely N-dealkylation sites (N-methyl/N-ethyl adjacent to an activating group) is 1. The second-order valence-corrected chi connectivity index (χ2v) is 5.53. The van der Waals surface area contributed by atoms with Crippen molar-refractivity contribution in [1.29, 1.82) is 0 Å². The van der Waals surface area contributed by atoms with Crippen LogP contribution in [0.15, 0.2) is 18.2 Å². The molecule has 1 aromatic rings. The normalized spacial score (nSPS) is 16.6. The van der Waals surface area contributed by atoms with Gasteiger partial charge in [-0.15, -0.1) is 0 Å². The zero-order valence-electron chi connectivity index (χ0n) is 11.8. The number of benzene rings is 1. The Balaban J connectivity index is 1.74. The molecule has 1 aliphatic rings. The molecular weight excluding hydrogens is 262 g/mol. The smallest absolute Gasteiger partial charge is 0.163 e. The average Bonchev–Trinajstić information content (AvgIpc) is 3.22. The molecule has 1 aromatic carbocycles. The van der Waals surface area contributed by atoms with E-state index in [0.29, 0.717) is 13.2 Å². The van der Waals surface area contributed by atoms with Crippen molar-refractivity contribution in [2.45, 2.75) is 18.9 Å². The van der Waals surface area contributed by atoms with E-state index >= 15 is 0 Å². The van der Waals surface area contributed by atoms with Crippen molar-refractivity contribution in [2.24, 2.45) is 11.7 Å². The summed E-state index contributed by atoms with van der Waals surface area (Å²) >= 11 is 0. The summed E-state index contributed by atoms with van der Waals surface area (Å²) in [6, 6.07) is 3.56. The third-order valence-corrected chi connectivity index (χ3v) is 3.56. The van der Waals surface area contributed by atoms with Gasteiger partial charge in [0.1, 0.15) is 0 Å². The molecule has 0 aliphatic heterocycles. The van der Waals surface area contributed by atoms with Gasteiger partial charge >= 0.3 is 0 Å². The molecule has 0 radical (unpaired) electrons. The number of rotatable bonds is 8. The van der Waals surface area contributed by atoms with E-state index in [1.807, 2.05) is 11.9 Å². The van der Waals surface area contributed by atoms with E-state index < -0.39 is 17.7 Å². The molecule has 0 aromatic heterocycles. The summed E-state index contributed by atoms with van der Waals surface area (Å²) in [4.78, 5) is 1.97. The van der Waals surface area contributed by atoms with Crippen molar-refractivity contribution in [3.05, 3.63) is 35.4 Å². The fraction of sp³-hybridized carbons (Fsp3) is 0.600. The van der Waals surface area contributed by atoms with E-state index in [2.05, 4.69) is 0 Å². The highest BCUT2D eigenvalue weighted by Crippen LogP contribution is 2.28. The number of halogens is 2. The van der Waals surface area contributed by atoms with Gasteiger partial charge in [-0.2, -0.15) is 0 Å². The van der Waals surface area contributed by atoms with Crippen LogP contribution in [0.3, 0.4) is 0 Å². The van der Waals surface area contributed by atoms with Gasteiger partial charge in [0, 0.05) is 31.3 Å². The van der Waals surface area contributed by atoms with Crippen LogP contribution in [0.2, 0.25) is 0 Å². The van der Waals surface area contributed by atoms with Gasteiger partial charge in [0.25, 0.3) is 0 Å². The fourth-order valence-corrected chi connectivity index (χ4v) is 2.09. The molecule has 0 amide bonds. The molecule has 2 rings (SSSR count). The minimum absolute atomic E-state index is 0.218. The van der Waals surface area contributed by atoms with Crippen molar-refractivity contribution >= 4 is 0 Å². The first-order chi connectivity index (χ1) is 9.58. The zero-order valence-corrected chi connectivity index (χ0v) is 11.8. The quantitative estimate of drug-likeness (QED) is 0.745. The van der Waals surface area contributed by atoms with Crippen LogP contribution in [-0.2, 0) is 4.74 Å². The van der Waals surface area contributed by atoms with Crippen LogP contribution in [0.1, 0.15) is 24.4 Å². The molecule has 0 spiro atoms. The molecule has 112 valence electrons. The number of hydrogen-bond acceptors (Lipinski definition) is 3. The second-order valence-electron chi connectivity index (χ2n) is 5.53. The van der Waals surface area contributed by atoms with Gasteiger partial charge < -0.3 is 15.4 Å². The van der Waals surface area contributed by atoms with Crippen LogP contribution in [0, 0.1) is 17.6 Å². The highest BCUT2D eigenvalue weighted by atomic mass is 19.2. The summed E-state index contributed by atoms with van der Waals surface area (Å²) in [7, 11) is 1.90. The van der Waals surface area contributed by atoms with Crippen molar-refractivity contribution in [3.63, 3.8) is 0 Å². The van der Waals surface area contributed by atoms with Crippen molar-refractivity contribution < 1.29 is 13.5 Å². The number of ether oxygens (including phenoxy) is 1. The third-order valence-electron chi connectivity index (χ3n) is 3.56. The maximum Gasteiger partial charge on any atom is 0.163 e. The van der Waals surface area contributed by atoms with Crippen LogP contribution in [-0.4, -0.2) is 38.3 Å². The Morgan fingerprint density at radius 3 is 2.85 bits per heavy atom. The van der Waals surface area contributed by atoms with E-state index in [0.717, 1.165) is 25.1 Å². The van der Waals surface area contributed by atoms with Gasteiger partial charge in [0.05, 0.1) is 6.61 Å². The van der Waals surface area contributed by atoms with Gasteiger partial charge in [-0.25, -0.2) is 8.78 Å². The van der Waals surface area contributed by atoms with Crippen LogP contribution < -0.4 is 5.73 Å². The molecule has 0 bridgehead atoms. The van der Waals surface area contributed by atoms with Gasteiger partial charge in [-0.1, -0.05) is 12.1 Å². The van der Waals surface area contributed by atoms with Gasteiger partial charge in [-0.05, 0) is 31.9 Å². The molecular formula is C15H22F2N2O. The molecule has 1 unspecified atom stereocenters. The van der Waals surface area contributed by atoms with E-state index in [1.165, 1.54) is 25.0 Å². The monoisotopic (exact) mass is 284 g/mol. The zero-order chi connectivity index (χ0) is 14.5. The summed E-state index contributed by atoms with van der Waals surface area (Å²) in [6.07, 6.45) is 2.55. The highest BCUT2D eigenvalue weighted by Gasteiger charge is 2.21. The Kier molecular flexibility index (Phi) is 5.46. The molecule has 1 atom stereocenters. The minimum Gasteiger partial charge on any atom is -0.380 e. The lowest BCUT2D eigenvalue weighted by Gasteiger charge is -2.21. The van der Waals surface area contributed by atoms with E-state index in [4.69, 9.17) is 10.5 Å². The second kappa shape index (κ2) is 7.11. The molecule has 1 fully saturated rings. The van der Waals surface area contributed by atoms with Crippen molar-refractivity contribution in [2.75, 3.05) is 33.4 Å². The van der Waals surface area contributed by atoms with Crippen molar-refractivity contribution in [3.8, 4) is 0 Å². The SMILES string of the molecule is CN(CCOCC1CC1)CC(N)c1cccc(F)c1F. The Bertz CT molecular complexity index is 438. The largest absolute Gasteiger partial charge is 0.380 e.